The average molecular weight is 442 g/mol. The van der Waals surface area contributed by atoms with Crippen LogP contribution in [-0.2, 0) is 21.4 Å². The first-order chi connectivity index (χ1) is 15.0. The molecule has 3 aromatic rings. The third kappa shape index (κ3) is 4.42. The molecule has 0 aliphatic rings. The lowest BCUT2D eigenvalue weighted by molar-refractivity contribution is -0.142. The van der Waals surface area contributed by atoms with E-state index in [-0.39, 0.29) is 17.4 Å². The van der Waals surface area contributed by atoms with Gasteiger partial charge < -0.3 is 19.3 Å². The van der Waals surface area contributed by atoms with Crippen molar-refractivity contribution in [1.29, 1.82) is 0 Å². The number of carboxylic acid groups (broad SMARTS) is 1. The van der Waals surface area contributed by atoms with Gasteiger partial charge in [0, 0.05) is 21.9 Å². The second-order valence-electron chi connectivity index (χ2n) is 9.42. The minimum atomic E-state index is -1.08. The SMILES string of the molecule is CCCC[C@H](NC(=O)Cc1c(C)c2cc3c(C(C)(C)C)coc3c(C)c2oc1=O)C(=O)O. The highest BCUT2D eigenvalue weighted by atomic mass is 16.4. The highest BCUT2D eigenvalue weighted by Gasteiger charge is 2.25. The molecule has 2 heterocycles. The zero-order valence-electron chi connectivity index (χ0n) is 19.5. The van der Waals surface area contributed by atoms with Crippen molar-refractivity contribution >= 4 is 33.8 Å². The Morgan fingerprint density at radius 2 is 1.81 bits per heavy atom. The maximum Gasteiger partial charge on any atom is 0.340 e. The number of rotatable bonds is 7. The summed E-state index contributed by atoms with van der Waals surface area (Å²) in [5, 5.41) is 13.6. The van der Waals surface area contributed by atoms with Crippen LogP contribution in [0.5, 0.6) is 0 Å². The Balaban J connectivity index is 2.05. The molecule has 3 rings (SSSR count). The largest absolute Gasteiger partial charge is 0.480 e. The first-order valence-electron chi connectivity index (χ1n) is 10.9. The number of furan rings is 1. The number of aliphatic carboxylic acids is 1. The van der Waals surface area contributed by atoms with Crippen LogP contribution in [0.3, 0.4) is 0 Å². The first kappa shape index (κ1) is 23.6. The van der Waals surface area contributed by atoms with E-state index in [4.69, 9.17) is 8.83 Å². The van der Waals surface area contributed by atoms with Crippen LogP contribution in [0.2, 0.25) is 0 Å². The highest BCUT2D eigenvalue weighted by molar-refractivity contribution is 6.00. The van der Waals surface area contributed by atoms with E-state index in [0.717, 1.165) is 28.3 Å². The first-order valence-corrected chi connectivity index (χ1v) is 10.9. The number of aryl methyl sites for hydroxylation is 2. The summed E-state index contributed by atoms with van der Waals surface area (Å²) in [6.45, 7) is 11.9. The molecule has 32 heavy (non-hydrogen) atoms. The fraction of sp³-hybridized carbons (Fsp3) is 0.480. The number of hydrogen-bond acceptors (Lipinski definition) is 5. The second-order valence-corrected chi connectivity index (χ2v) is 9.42. The molecule has 0 saturated carbocycles. The maximum atomic E-state index is 12.7. The third-order valence-electron chi connectivity index (χ3n) is 5.97. The zero-order chi connectivity index (χ0) is 23.8. The molecule has 0 spiro atoms. The maximum absolute atomic E-state index is 12.7. The van der Waals surface area contributed by atoms with Crippen molar-refractivity contribution in [2.75, 3.05) is 0 Å². The van der Waals surface area contributed by atoms with Crippen LogP contribution in [0.1, 0.15) is 69.2 Å². The quantitative estimate of drug-likeness (QED) is 0.512. The summed E-state index contributed by atoms with van der Waals surface area (Å²) in [7, 11) is 0. The summed E-state index contributed by atoms with van der Waals surface area (Å²) < 4.78 is 11.4. The van der Waals surface area contributed by atoms with Gasteiger partial charge in [-0.05, 0) is 37.3 Å². The van der Waals surface area contributed by atoms with Gasteiger partial charge in [0.2, 0.25) is 5.91 Å². The van der Waals surface area contributed by atoms with Crippen molar-refractivity contribution in [2.45, 2.75) is 78.7 Å². The standard InChI is InChI=1S/C25H31NO6/c1-7-8-9-19(23(28)29)26-20(27)11-16-13(2)15-10-17-18(25(4,5)6)12-31-21(17)14(3)22(15)32-24(16)30/h10,12,19H,7-9,11H2,1-6H3,(H,26,27)(H,28,29)/t19-/m0/s1. The Kier molecular flexibility index (Phi) is 6.49. The summed E-state index contributed by atoms with van der Waals surface area (Å²) in [6, 6.07) is 0.973. The fourth-order valence-corrected chi connectivity index (χ4v) is 4.05. The van der Waals surface area contributed by atoms with Crippen LogP contribution in [0, 0.1) is 13.8 Å². The predicted molar refractivity (Wildman–Crippen MR) is 123 cm³/mol. The summed E-state index contributed by atoms with van der Waals surface area (Å²) in [5.74, 6) is -1.60. The van der Waals surface area contributed by atoms with Gasteiger partial charge >= 0.3 is 11.6 Å². The topological polar surface area (TPSA) is 110 Å². The summed E-state index contributed by atoms with van der Waals surface area (Å²) in [6.07, 6.45) is 3.35. The monoisotopic (exact) mass is 441 g/mol. The van der Waals surface area contributed by atoms with Crippen LogP contribution in [-0.4, -0.2) is 23.0 Å². The molecular weight excluding hydrogens is 410 g/mol. The molecular formula is C25H31NO6. The van der Waals surface area contributed by atoms with Gasteiger partial charge in [0.25, 0.3) is 0 Å². The molecule has 2 N–H and O–H groups in total. The molecule has 1 amide bonds. The van der Waals surface area contributed by atoms with Crippen molar-refractivity contribution in [3.05, 3.63) is 45.0 Å². The van der Waals surface area contributed by atoms with Crippen molar-refractivity contribution < 1.29 is 23.5 Å². The molecule has 0 saturated heterocycles. The van der Waals surface area contributed by atoms with E-state index in [1.54, 1.807) is 13.2 Å². The Bertz CT molecular complexity index is 1240. The van der Waals surface area contributed by atoms with E-state index in [1.165, 1.54) is 0 Å². The average Bonchev–Trinajstić information content (AvgIpc) is 3.14. The molecule has 2 aromatic heterocycles. The molecule has 0 unspecified atom stereocenters. The van der Waals surface area contributed by atoms with Crippen molar-refractivity contribution in [2.24, 2.45) is 0 Å². The summed E-state index contributed by atoms with van der Waals surface area (Å²) in [4.78, 5) is 36.8. The van der Waals surface area contributed by atoms with Crippen LogP contribution < -0.4 is 10.9 Å². The Morgan fingerprint density at radius 1 is 1.12 bits per heavy atom. The second kappa shape index (κ2) is 8.81. The molecule has 0 aliphatic heterocycles. The van der Waals surface area contributed by atoms with Crippen molar-refractivity contribution in [3.8, 4) is 0 Å². The predicted octanol–water partition coefficient (Wildman–Crippen LogP) is 4.76. The zero-order valence-corrected chi connectivity index (χ0v) is 19.5. The normalized spacial score (nSPS) is 12.9. The Hall–Kier alpha value is -3.09. The van der Waals surface area contributed by atoms with E-state index in [1.807, 2.05) is 19.9 Å². The highest BCUT2D eigenvalue weighted by Crippen LogP contribution is 2.37. The molecule has 7 heteroatoms. The van der Waals surface area contributed by atoms with Crippen LogP contribution >= 0.6 is 0 Å². The number of nitrogens with one attached hydrogen (secondary N) is 1. The van der Waals surface area contributed by atoms with Gasteiger partial charge in [-0.2, -0.15) is 0 Å². The van der Waals surface area contributed by atoms with Crippen LogP contribution in [0.25, 0.3) is 21.9 Å². The minimum absolute atomic E-state index is 0.137. The molecule has 0 radical (unpaired) electrons. The fourth-order valence-electron chi connectivity index (χ4n) is 4.05. The number of carbonyl (C=O) groups is 2. The van der Waals surface area contributed by atoms with E-state index in [9.17, 15) is 19.5 Å². The Morgan fingerprint density at radius 3 is 2.41 bits per heavy atom. The van der Waals surface area contributed by atoms with Gasteiger partial charge in [0.15, 0.2) is 0 Å². The van der Waals surface area contributed by atoms with Gasteiger partial charge in [-0.25, -0.2) is 9.59 Å². The molecule has 0 fully saturated rings. The number of amides is 1. The van der Waals surface area contributed by atoms with Gasteiger partial charge in [-0.1, -0.05) is 40.5 Å². The van der Waals surface area contributed by atoms with E-state index in [0.29, 0.717) is 29.6 Å². The molecule has 0 aliphatic carbocycles. The third-order valence-corrected chi connectivity index (χ3v) is 5.97. The number of unbranched alkanes of at least 4 members (excludes halogenated alkanes) is 1. The molecule has 1 aromatic carbocycles. The number of fused-ring (bicyclic) bond motifs is 2. The Labute approximate surface area is 186 Å². The summed E-state index contributed by atoms with van der Waals surface area (Å²) in [5.41, 5.74) is 3.03. The number of carbonyl (C=O) groups excluding carboxylic acids is 1. The van der Waals surface area contributed by atoms with Crippen molar-refractivity contribution in [1.82, 2.24) is 5.32 Å². The molecule has 172 valence electrons. The van der Waals surface area contributed by atoms with Crippen LogP contribution in [0.15, 0.2) is 26.0 Å². The molecule has 0 bridgehead atoms. The van der Waals surface area contributed by atoms with Gasteiger partial charge in [-0.15, -0.1) is 0 Å². The van der Waals surface area contributed by atoms with Crippen LogP contribution in [0.4, 0.5) is 0 Å². The van der Waals surface area contributed by atoms with Gasteiger partial charge in [0.1, 0.15) is 17.2 Å². The van der Waals surface area contributed by atoms with Gasteiger partial charge in [-0.3, -0.25) is 4.79 Å². The molecule has 7 nitrogen and oxygen atoms in total. The van der Waals surface area contributed by atoms with Gasteiger partial charge in [0.05, 0.1) is 18.2 Å². The number of benzene rings is 1. The van der Waals surface area contributed by atoms with E-state index in [2.05, 4.69) is 26.1 Å². The lowest BCUT2D eigenvalue weighted by Crippen LogP contribution is -2.42. The van der Waals surface area contributed by atoms with E-state index < -0.39 is 23.5 Å². The smallest absolute Gasteiger partial charge is 0.340 e. The minimum Gasteiger partial charge on any atom is -0.480 e. The lowest BCUT2D eigenvalue weighted by Gasteiger charge is -2.17. The van der Waals surface area contributed by atoms with Crippen molar-refractivity contribution in [3.63, 3.8) is 0 Å². The number of hydrogen-bond donors (Lipinski definition) is 2. The van der Waals surface area contributed by atoms with E-state index >= 15 is 0 Å². The summed E-state index contributed by atoms with van der Waals surface area (Å²) >= 11 is 0. The number of carboxylic acids is 1. The lowest BCUT2D eigenvalue weighted by atomic mass is 9.86. The molecule has 1 atom stereocenters.